The first-order valence-electron chi connectivity index (χ1n) is 15.2. The van der Waals surface area contributed by atoms with E-state index in [0.717, 1.165) is 44.4 Å². The molecule has 4 nitrogen and oxygen atoms in total. The number of likely N-dealkylation sites (N-methyl/N-ethyl adjacent to an activating group) is 1. The Morgan fingerprint density at radius 2 is 1.39 bits per heavy atom. The molecule has 2 aromatic carbocycles. The SMILES string of the molecule is CCCCCCCCCCc1cccc(OCCCCOC(=O)C(CCC)[N+](C)(C)Cc2ccccc2)c1. The molecule has 0 aromatic heterocycles. The molecule has 0 aliphatic carbocycles. The molecule has 0 bridgehead atoms. The molecule has 2 aromatic rings. The van der Waals surface area contributed by atoms with Gasteiger partial charge in [0.1, 0.15) is 12.3 Å². The molecular weight excluding hydrogens is 470 g/mol. The van der Waals surface area contributed by atoms with Crippen LogP contribution in [-0.4, -0.2) is 43.8 Å². The Kier molecular flexibility index (Phi) is 15.8. The molecular formula is C34H54NO3+. The molecule has 1 atom stereocenters. The Morgan fingerprint density at radius 3 is 2.11 bits per heavy atom. The second kappa shape index (κ2) is 18.8. The molecule has 2 rings (SSSR count). The van der Waals surface area contributed by atoms with Gasteiger partial charge in [0.2, 0.25) is 0 Å². The minimum Gasteiger partial charge on any atom is -0.494 e. The molecule has 38 heavy (non-hydrogen) atoms. The maximum absolute atomic E-state index is 13.0. The lowest BCUT2D eigenvalue weighted by Crippen LogP contribution is -2.52. The number of hydrogen-bond donors (Lipinski definition) is 0. The van der Waals surface area contributed by atoms with Crippen LogP contribution in [0, 0.1) is 0 Å². The smallest absolute Gasteiger partial charge is 0.364 e. The van der Waals surface area contributed by atoms with Crippen LogP contribution in [0.3, 0.4) is 0 Å². The van der Waals surface area contributed by atoms with E-state index in [4.69, 9.17) is 9.47 Å². The van der Waals surface area contributed by atoms with E-state index in [1.54, 1.807) is 0 Å². The van der Waals surface area contributed by atoms with E-state index in [1.165, 1.54) is 62.5 Å². The zero-order chi connectivity index (χ0) is 27.5. The minimum absolute atomic E-state index is 0.0811. The van der Waals surface area contributed by atoms with Crippen molar-refractivity contribution >= 4 is 5.97 Å². The number of benzene rings is 2. The highest BCUT2D eigenvalue weighted by Crippen LogP contribution is 2.20. The van der Waals surface area contributed by atoms with Crippen molar-refractivity contribution in [1.82, 2.24) is 0 Å². The molecule has 212 valence electrons. The van der Waals surface area contributed by atoms with Crippen LogP contribution in [0.2, 0.25) is 0 Å². The summed E-state index contributed by atoms with van der Waals surface area (Å²) in [6.45, 7) is 6.31. The number of carbonyl (C=O) groups excluding carboxylic acids is 1. The Balaban J connectivity index is 1.64. The largest absolute Gasteiger partial charge is 0.494 e. The fraction of sp³-hybridized carbons (Fsp3) is 0.618. The lowest BCUT2D eigenvalue weighted by Gasteiger charge is -2.36. The number of quaternary nitrogens is 1. The Hall–Kier alpha value is -2.33. The van der Waals surface area contributed by atoms with Crippen LogP contribution in [0.4, 0.5) is 0 Å². The highest BCUT2D eigenvalue weighted by Gasteiger charge is 2.35. The first-order chi connectivity index (χ1) is 18.5. The Morgan fingerprint density at radius 1 is 0.737 bits per heavy atom. The summed E-state index contributed by atoms with van der Waals surface area (Å²) in [6.07, 6.45) is 15.4. The van der Waals surface area contributed by atoms with Gasteiger partial charge in [-0.1, -0.05) is 101 Å². The zero-order valence-electron chi connectivity index (χ0n) is 24.8. The monoisotopic (exact) mass is 524 g/mol. The molecule has 0 fully saturated rings. The van der Waals surface area contributed by atoms with E-state index in [9.17, 15) is 4.79 Å². The van der Waals surface area contributed by atoms with Crippen LogP contribution >= 0.6 is 0 Å². The lowest BCUT2D eigenvalue weighted by atomic mass is 10.0. The molecule has 0 amide bonds. The van der Waals surface area contributed by atoms with Crippen LogP contribution < -0.4 is 4.74 Å². The summed E-state index contributed by atoms with van der Waals surface area (Å²) in [4.78, 5) is 13.0. The number of ether oxygens (including phenoxy) is 2. The number of rotatable bonds is 21. The predicted octanol–water partition coefficient (Wildman–Crippen LogP) is 8.52. The summed E-state index contributed by atoms with van der Waals surface area (Å²) in [5.74, 6) is 0.865. The van der Waals surface area contributed by atoms with Crippen LogP contribution in [0.25, 0.3) is 0 Å². The van der Waals surface area contributed by atoms with E-state index in [2.05, 4.69) is 70.4 Å². The quantitative estimate of drug-likeness (QED) is 0.0932. The minimum atomic E-state index is -0.153. The topological polar surface area (TPSA) is 35.5 Å². The van der Waals surface area contributed by atoms with Crippen molar-refractivity contribution < 1.29 is 18.8 Å². The molecule has 0 aliphatic heterocycles. The van der Waals surface area contributed by atoms with Crippen molar-refractivity contribution in [2.45, 2.75) is 110 Å². The maximum Gasteiger partial charge on any atom is 0.364 e. The summed E-state index contributed by atoms with van der Waals surface area (Å²) < 4.78 is 12.3. The van der Waals surface area contributed by atoms with Crippen LogP contribution in [0.5, 0.6) is 5.75 Å². The van der Waals surface area contributed by atoms with E-state index in [0.29, 0.717) is 17.7 Å². The summed E-state index contributed by atoms with van der Waals surface area (Å²) in [7, 11) is 4.26. The third kappa shape index (κ3) is 13.0. The summed E-state index contributed by atoms with van der Waals surface area (Å²) in [5, 5.41) is 0. The second-order valence-electron chi connectivity index (χ2n) is 11.3. The van der Waals surface area contributed by atoms with Crippen molar-refractivity contribution in [3.63, 3.8) is 0 Å². The van der Waals surface area contributed by atoms with Crippen molar-refractivity contribution in [3.8, 4) is 5.75 Å². The van der Waals surface area contributed by atoms with Crippen molar-refractivity contribution in [1.29, 1.82) is 0 Å². The number of nitrogens with zero attached hydrogens (tertiary/aromatic N) is 1. The number of carbonyl (C=O) groups is 1. The normalized spacial score (nSPS) is 12.3. The van der Waals surface area contributed by atoms with Crippen LogP contribution in [-0.2, 0) is 22.5 Å². The summed E-state index contributed by atoms with van der Waals surface area (Å²) >= 11 is 0. The third-order valence-corrected chi connectivity index (χ3v) is 7.38. The van der Waals surface area contributed by atoms with Gasteiger partial charge in [0, 0.05) is 12.0 Å². The number of aryl methyl sites for hydroxylation is 1. The average molecular weight is 525 g/mol. The standard InChI is InChI=1S/C34H54NO3/c1-5-7-8-9-10-11-12-14-21-30-24-19-25-32(28-30)37-26-17-18-27-38-34(36)33(20-6-2)35(3,4)29-31-22-15-13-16-23-31/h13,15-16,19,22-25,28,33H,5-12,14,17-18,20-21,26-27,29H2,1-4H3/q+1. The second-order valence-corrected chi connectivity index (χ2v) is 11.3. The van der Waals surface area contributed by atoms with Gasteiger partial charge in [0.25, 0.3) is 0 Å². The molecule has 0 aliphatic rings. The van der Waals surface area contributed by atoms with Gasteiger partial charge in [-0.25, -0.2) is 4.79 Å². The molecule has 0 saturated heterocycles. The van der Waals surface area contributed by atoms with Gasteiger partial charge >= 0.3 is 5.97 Å². The first-order valence-corrected chi connectivity index (χ1v) is 15.2. The molecule has 0 N–H and O–H groups in total. The van der Waals surface area contributed by atoms with Gasteiger partial charge in [-0.15, -0.1) is 0 Å². The van der Waals surface area contributed by atoms with Crippen molar-refractivity contribution in [2.75, 3.05) is 27.3 Å². The van der Waals surface area contributed by atoms with Crippen LogP contribution in [0.15, 0.2) is 54.6 Å². The van der Waals surface area contributed by atoms with Gasteiger partial charge in [-0.2, -0.15) is 0 Å². The van der Waals surface area contributed by atoms with E-state index < -0.39 is 0 Å². The zero-order valence-corrected chi connectivity index (χ0v) is 24.8. The molecule has 4 heteroatoms. The first kappa shape index (κ1) is 31.9. The van der Waals surface area contributed by atoms with E-state index in [-0.39, 0.29) is 12.0 Å². The molecule has 0 saturated carbocycles. The fourth-order valence-electron chi connectivity index (χ4n) is 5.11. The average Bonchev–Trinajstić information content (AvgIpc) is 2.91. The van der Waals surface area contributed by atoms with E-state index >= 15 is 0 Å². The number of esters is 1. The third-order valence-electron chi connectivity index (χ3n) is 7.38. The van der Waals surface area contributed by atoms with Gasteiger partial charge in [0.05, 0.1) is 27.3 Å². The van der Waals surface area contributed by atoms with Gasteiger partial charge in [-0.05, 0) is 49.8 Å². The number of unbranched alkanes of at least 4 members (excludes halogenated alkanes) is 8. The fourth-order valence-corrected chi connectivity index (χ4v) is 5.11. The lowest BCUT2D eigenvalue weighted by molar-refractivity contribution is -0.920. The van der Waals surface area contributed by atoms with Crippen molar-refractivity contribution in [3.05, 3.63) is 65.7 Å². The summed E-state index contributed by atoms with van der Waals surface area (Å²) in [6, 6.07) is 18.8. The Labute approximate surface area is 233 Å². The molecule has 0 radical (unpaired) electrons. The molecule has 0 heterocycles. The molecule has 0 spiro atoms. The highest BCUT2D eigenvalue weighted by atomic mass is 16.5. The van der Waals surface area contributed by atoms with Gasteiger partial charge in [-0.3, -0.25) is 0 Å². The predicted molar refractivity (Wildman–Crippen MR) is 159 cm³/mol. The van der Waals surface area contributed by atoms with Gasteiger partial charge < -0.3 is 14.0 Å². The Bertz CT molecular complexity index is 880. The highest BCUT2D eigenvalue weighted by molar-refractivity contribution is 5.74. The molecule has 1 unspecified atom stereocenters. The van der Waals surface area contributed by atoms with Gasteiger partial charge in [0.15, 0.2) is 6.04 Å². The van der Waals surface area contributed by atoms with E-state index in [1.807, 2.05) is 12.1 Å². The summed E-state index contributed by atoms with van der Waals surface area (Å²) in [5.41, 5.74) is 2.60. The van der Waals surface area contributed by atoms with Crippen LogP contribution in [0.1, 0.15) is 102 Å². The number of hydrogen-bond acceptors (Lipinski definition) is 3. The maximum atomic E-state index is 13.0. The van der Waals surface area contributed by atoms with Crippen molar-refractivity contribution in [2.24, 2.45) is 0 Å².